The third kappa shape index (κ3) is 73.6. The first-order chi connectivity index (χ1) is 49.4. The predicted molar refractivity (Wildman–Crippen MR) is 418 cm³/mol. The molecule has 0 spiro atoms. The number of ether oxygens (including phenoxy) is 4. The van der Waals surface area contributed by atoms with Gasteiger partial charge in [-0.2, -0.15) is 0 Å². The Labute approximate surface area is 626 Å². The quantitative estimate of drug-likeness (QED) is 0.0222. The number of phosphoric acid groups is 2. The van der Waals surface area contributed by atoms with E-state index < -0.39 is 97.5 Å². The SMILES string of the molecule is CCCCCCCCCCCCCCCC(=O)OC[C@H](COP(=O)(O)OC[C@H](O)COP(=O)(O)OC[C@@H](COC(=O)CCCCCCCCCCCCCCCCC(C)CC)OC(=O)CCCCCCCCCCCCCCCCC(C)CC)OC(=O)CCCCCCCCCCCCCCC. The highest BCUT2D eigenvalue weighted by molar-refractivity contribution is 7.47. The molecule has 0 aromatic rings. The van der Waals surface area contributed by atoms with Crippen LogP contribution in [0.4, 0.5) is 0 Å². The molecule has 0 amide bonds. The smallest absolute Gasteiger partial charge is 0.462 e. The highest BCUT2D eigenvalue weighted by atomic mass is 31.2. The highest BCUT2D eigenvalue weighted by Gasteiger charge is 2.30. The zero-order valence-corrected chi connectivity index (χ0v) is 68.7. The van der Waals surface area contributed by atoms with Crippen LogP contribution in [0.1, 0.15) is 440 Å². The van der Waals surface area contributed by atoms with Crippen molar-refractivity contribution >= 4 is 39.5 Å². The lowest BCUT2D eigenvalue weighted by atomic mass is 9.99. The Morgan fingerprint density at radius 2 is 0.471 bits per heavy atom. The van der Waals surface area contributed by atoms with Gasteiger partial charge in [0.25, 0.3) is 0 Å². The van der Waals surface area contributed by atoms with Gasteiger partial charge in [0, 0.05) is 25.7 Å². The summed E-state index contributed by atoms with van der Waals surface area (Å²) in [7, 11) is -9.92. The fraction of sp³-hybridized carbons (Fsp3) is 0.952. The van der Waals surface area contributed by atoms with Crippen LogP contribution >= 0.6 is 15.6 Å². The molecule has 19 heteroatoms. The van der Waals surface area contributed by atoms with Crippen molar-refractivity contribution in [2.45, 2.75) is 458 Å². The summed E-state index contributed by atoms with van der Waals surface area (Å²) in [4.78, 5) is 73.1. The molecule has 0 aliphatic heterocycles. The molecule has 102 heavy (non-hydrogen) atoms. The maximum Gasteiger partial charge on any atom is 0.472 e. The van der Waals surface area contributed by atoms with Crippen LogP contribution in [0.15, 0.2) is 0 Å². The number of aliphatic hydroxyl groups is 1. The third-order valence-electron chi connectivity index (χ3n) is 20.2. The van der Waals surface area contributed by atoms with E-state index in [0.29, 0.717) is 25.7 Å². The van der Waals surface area contributed by atoms with Gasteiger partial charge in [-0.15, -0.1) is 0 Å². The second kappa shape index (κ2) is 74.5. The molecule has 0 rings (SSSR count). The Hall–Kier alpha value is -1.94. The van der Waals surface area contributed by atoms with E-state index in [9.17, 15) is 43.2 Å². The topological polar surface area (TPSA) is 237 Å². The molecule has 17 nitrogen and oxygen atoms in total. The lowest BCUT2D eigenvalue weighted by molar-refractivity contribution is -0.161. The molecule has 0 bridgehead atoms. The van der Waals surface area contributed by atoms with Gasteiger partial charge in [0.2, 0.25) is 0 Å². The van der Waals surface area contributed by atoms with E-state index in [0.717, 1.165) is 102 Å². The summed E-state index contributed by atoms with van der Waals surface area (Å²) < 4.78 is 68.8. The summed E-state index contributed by atoms with van der Waals surface area (Å²) >= 11 is 0. The maximum absolute atomic E-state index is 13.1. The van der Waals surface area contributed by atoms with Crippen LogP contribution in [0.25, 0.3) is 0 Å². The Bertz CT molecular complexity index is 1960. The van der Waals surface area contributed by atoms with Crippen molar-refractivity contribution in [1.29, 1.82) is 0 Å². The first-order valence-corrected chi connectivity index (χ1v) is 46.1. The molecule has 0 aromatic heterocycles. The third-order valence-corrected chi connectivity index (χ3v) is 22.1. The number of hydrogen-bond donors (Lipinski definition) is 3. The molecule has 0 aliphatic rings. The van der Waals surface area contributed by atoms with Gasteiger partial charge in [-0.05, 0) is 37.5 Å². The summed E-state index contributed by atoms with van der Waals surface area (Å²) in [6, 6.07) is 0. The predicted octanol–water partition coefficient (Wildman–Crippen LogP) is 25.1. The van der Waals surface area contributed by atoms with Gasteiger partial charge >= 0.3 is 39.5 Å². The van der Waals surface area contributed by atoms with E-state index in [1.54, 1.807) is 0 Å². The first kappa shape index (κ1) is 100. The number of unbranched alkanes of at least 4 members (excludes halogenated alkanes) is 50. The van der Waals surface area contributed by atoms with E-state index in [-0.39, 0.29) is 25.7 Å². The molecule has 0 fully saturated rings. The van der Waals surface area contributed by atoms with Gasteiger partial charge in [-0.3, -0.25) is 37.3 Å². The Kier molecular flexibility index (Phi) is 73.1. The molecule has 4 unspecified atom stereocenters. The zero-order chi connectivity index (χ0) is 74.9. The summed E-state index contributed by atoms with van der Waals surface area (Å²) in [5.41, 5.74) is 0. The van der Waals surface area contributed by atoms with E-state index in [2.05, 4.69) is 41.5 Å². The number of esters is 4. The molecule has 7 atom stereocenters. The molecular formula is C83H162O17P2. The molecular weight excluding hydrogens is 1330 g/mol. The highest BCUT2D eigenvalue weighted by Crippen LogP contribution is 2.45. The second-order valence-electron chi connectivity index (χ2n) is 30.4. The van der Waals surface area contributed by atoms with Crippen molar-refractivity contribution in [2.24, 2.45) is 11.8 Å². The van der Waals surface area contributed by atoms with Crippen molar-refractivity contribution in [1.82, 2.24) is 0 Å². The van der Waals surface area contributed by atoms with Crippen molar-refractivity contribution in [3.8, 4) is 0 Å². The van der Waals surface area contributed by atoms with Crippen LogP contribution in [-0.2, 0) is 65.4 Å². The van der Waals surface area contributed by atoms with Crippen LogP contribution in [0.2, 0.25) is 0 Å². The van der Waals surface area contributed by atoms with Crippen LogP contribution in [0.3, 0.4) is 0 Å². The summed E-state index contributed by atoms with van der Waals surface area (Å²) in [5.74, 6) is -0.407. The summed E-state index contributed by atoms with van der Waals surface area (Å²) in [6.45, 7) is 9.77. The van der Waals surface area contributed by atoms with Crippen molar-refractivity contribution < 1.29 is 80.2 Å². The maximum atomic E-state index is 13.1. The number of carbonyl (C=O) groups is 4. The van der Waals surface area contributed by atoms with Crippen LogP contribution in [0.5, 0.6) is 0 Å². The molecule has 0 radical (unpaired) electrons. The van der Waals surface area contributed by atoms with E-state index >= 15 is 0 Å². The largest absolute Gasteiger partial charge is 0.472 e. The number of rotatable bonds is 82. The standard InChI is InChI=1S/C83H162O17P2/c1-7-11-13-15-17-19-21-27-35-41-47-53-59-65-80(85)93-71-78(99-82(87)67-61-55-49-43-37-28-22-20-18-16-14-12-8-2)73-97-101(89,90)95-69-77(84)70-96-102(91,92)98-74-79(100-83(88)68-62-56-50-44-38-32-26-24-30-34-40-46-52-58-64-76(6)10-4)72-94-81(86)66-60-54-48-42-36-31-25-23-29-33-39-45-51-57-63-75(5)9-3/h75-79,84H,7-74H2,1-6H3,(H,89,90)(H,91,92)/t75?,76?,77-,78+,79+/m0/s1. The normalized spacial score (nSPS) is 14.4. The van der Waals surface area contributed by atoms with Crippen molar-refractivity contribution in [3.63, 3.8) is 0 Å². The zero-order valence-electron chi connectivity index (χ0n) is 66.9. The molecule has 3 N–H and O–H groups in total. The summed E-state index contributed by atoms with van der Waals surface area (Å²) in [5, 5.41) is 10.7. The molecule has 606 valence electrons. The van der Waals surface area contributed by atoms with Crippen LogP contribution in [-0.4, -0.2) is 96.7 Å². The molecule has 0 saturated carbocycles. The van der Waals surface area contributed by atoms with E-state index in [1.165, 1.54) is 257 Å². The van der Waals surface area contributed by atoms with Gasteiger partial charge in [-0.1, -0.05) is 388 Å². The number of hydrogen-bond acceptors (Lipinski definition) is 15. The lowest BCUT2D eigenvalue weighted by Crippen LogP contribution is -2.30. The first-order valence-electron chi connectivity index (χ1n) is 43.1. The van der Waals surface area contributed by atoms with Gasteiger partial charge in [0.15, 0.2) is 12.2 Å². The minimum absolute atomic E-state index is 0.108. The monoisotopic (exact) mass is 1490 g/mol. The van der Waals surface area contributed by atoms with E-state index in [4.69, 9.17) is 37.0 Å². The fourth-order valence-corrected chi connectivity index (χ4v) is 14.4. The minimum atomic E-state index is -4.96. The molecule has 0 saturated heterocycles. The number of aliphatic hydroxyl groups excluding tert-OH is 1. The van der Waals surface area contributed by atoms with Gasteiger partial charge < -0.3 is 33.8 Å². The van der Waals surface area contributed by atoms with Gasteiger partial charge in [-0.25, -0.2) is 9.13 Å². The molecule has 0 heterocycles. The number of phosphoric ester groups is 2. The Morgan fingerprint density at radius 3 is 0.696 bits per heavy atom. The van der Waals surface area contributed by atoms with Crippen molar-refractivity contribution in [3.05, 3.63) is 0 Å². The van der Waals surface area contributed by atoms with Gasteiger partial charge in [0.05, 0.1) is 26.4 Å². The fourth-order valence-electron chi connectivity index (χ4n) is 12.8. The lowest BCUT2D eigenvalue weighted by Gasteiger charge is -2.21. The van der Waals surface area contributed by atoms with Crippen LogP contribution in [0, 0.1) is 11.8 Å². The second-order valence-corrected chi connectivity index (χ2v) is 33.3. The molecule has 0 aliphatic carbocycles. The molecule has 0 aromatic carbocycles. The summed E-state index contributed by atoms with van der Waals surface area (Å²) in [6.07, 6.45) is 64.9. The average molecular weight is 1490 g/mol. The minimum Gasteiger partial charge on any atom is -0.462 e. The van der Waals surface area contributed by atoms with Gasteiger partial charge in [0.1, 0.15) is 19.3 Å². The Morgan fingerprint density at radius 1 is 0.275 bits per heavy atom. The Balaban J connectivity index is 5.26. The average Bonchev–Trinajstić information content (AvgIpc) is 1.11. The number of carbonyl (C=O) groups excluding carboxylic acids is 4. The van der Waals surface area contributed by atoms with Crippen LogP contribution < -0.4 is 0 Å². The van der Waals surface area contributed by atoms with E-state index in [1.807, 2.05) is 0 Å². The van der Waals surface area contributed by atoms with Crippen molar-refractivity contribution in [2.75, 3.05) is 39.6 Å².